The summed E-state index contributed by atoms with van der Waals surface area (Å²) >= 11 is 0. The molecule has 27 heavy (non-hydrogen) atoms. The zero-order chi connectivity index (χ0) is 18.8. The third-order valence-corrected chi connectivity index (χ3v) is 7.30. The smallest absolute Gasteiger partial charge is 0.241 e. The van der Waals surface area contributed by atoms with E-state index < -0.39 is 20.5 Å². The number of sulfone groups is 1. The Morgan fingerprint density at radius 3 is 2.59 bits per heavy atom. The molecule has 9 heteroatoms. The molecule has 0 saturated carbocycles. The van der Waals surface area contributed by atoms with Crippen LogP contribution in [-0.4, -0.2) is 50.9 Å². The third-order valence-electron chi connectivity index (χ3n) is 5.28. The van der Waals surface area contributed by atoms with Crippen molar-refractivity contribution in [3.05, 3.63) is 29.8 Å². The second-order valence-corrected chi connectivity index (χ2v) is 9.34. The van der Waals surface area contributed by atoms with Crippen molar-refractivity contribution in [1.82, 2.24) is 10.6 Å². The van der Waals surface area contributed by atoms with Crippen LogP contribution in [0.1, 0.15) is 31.2 Å². The van der Waals surface area contributed by atoms with Crippen molar-refractivity contribution in [2.24, 2.45) is 0 Å². The summed E-state index contributed by atoms with van der Waals surface area (Å²) in [6, 6.07) is 7.46. The van der Waals surface area contributed by atoms with Gasteiger partial charge in [0.05, 0.1) is 0 Å². The highest BCUT2D eigenvalue weighted by Crippen LogP contribution is 2.28. The zero-order valence-electron chi connectivity index (χ0n) is 15.4. The van der Waals surface area contributed by atoms with Crippen LogP contribution < -0.4 is 15.5 Å². The second-order valence-electron chi connectivity index (χ2n) is 7.02. The van der Waals surface area contributed by atoms with Gasteiger partial charge in [0, 0.05) is 31.5 Å². The largest absolute Gasteiger partial charge is 0.351 e. The fourth-order valence-corrected chi connectivity index (χ4v) is 5.05. The Labute approximate surface area is 166 Å². The highest BCUT2D eigenvalue weighted by molar-refractivity contribution is 7.92. The van der Waals surface area contributed by atoms with Crippen LogP contribution in [0, 0.1) is 0 Å². The van der Waals surface area contributed by atoms with Crippen LogP contribution in [0.3, 0.4) is 0 Å². The lowest BCUT2D eigenvalue weighted by Crippen LogP contribution is -2.57. The van der Waals surface area contributed by atoms with Crippen LogP contribution in [0.4, 0.5) is 5.69 Å². The number of nitrogens with one attached hydrogen (secondary N) is 2. The van der Waals surface area contributed by atoms with Gasteiger partial charge >= 0.3 is 0 Å². The van der Waals surface area contributed by atoms with Crippen LogP contribution >= 0.6 is 12.4 Å². The number of carbonyl (C=O) groups is 2. The predicted molar refractivity (Wildman–Crippen MR) is 107 cm³/mol. The molecule has 2 fully saturated rings. The molecule has 0 aromatic heterocycles. The quantitative estimate of drug-likeness (QED) is 0.748. The van der Waals surface area contributed by atoms with Crippen LogP contribution in [0.5, 0.6) is 0 Å². The number of carbonyl (C=O) groups excluding carboxylic acids is 2. The Balaban J connectivity index is 0.00000261. The molecule has 0 spiro atoms. The number of nitrogens with zero attached hydrogens (tertiary/aromatic N) is 1. The summed E-state index contributed by atoms with van der Waals surface area (Å²) in [4.78, 5) is 26.4. The van der Waals surface area contributed by atoms with E-state index in [1.807, 2.05) is 24.3 Å². The number of hydrogen-bond acceptors (Lipinski definition) is 5. The zero-order valence-corrected chi connectivity index (χ0v) is 17.0. The van der Waals surface area contributed by atoms with E-state index in [-0.39, 0.29) is 37.7 Å². The van der Waals surface area contributed by atoms with Crippen LogP contribution in [0.15, 0.2) is 24.3 Å². The fourth-order valence-electron chi connectivity index (χ4n) is 3.70. The summed E-state index contributed by atoms with van der Waals surface area (Å²) in [6.07, 6.45) is 3.11. The summed E-state index contributed by atoms with van der Waals surface area (Å²) in [6.45, 7) is 1.96. The Kier molecular flexibility index (Phi) is 6.88. The number of amides is 2. The summed E-state index contributed by atoms with van der Waals surface area (Å²) < 4.78 is 23.2. The average Bonchev–Trinajstić information content (AvgIpc) is 3.05. The minimum atomic E-state index is -3.52. The summed E-state index contributed by atoms with van der Waals surface area (Å²) in [5.41, 5.74) is 1.66. The first-order valence-corrected chi connectivity index (χ1v) is 10.8. The molecule has 0 atom stereocenters. The van der Waals surface area contributed by atoms with Gasteiger partial charge in [0.25, 0.3) is 0 Å². The van der Waals surface area contributed by atoms with Gasteiger partial charge in [-0.3, -0.25) is 9.59 Å². The maximum absolute atomic E-state index is 12.8. The van der Waals surface area contributed by atoms with E-state index in [0.717, 1.165) is 23.9 Å². The molecule has 1 aromatic carbocycles. The first-order chi connectivity index (χ1) is 12.3. The van der Waals surface area contributed by atoms with Crippen molar-refractivity contribution in [2.45, 2.75) is 37.0 Å². The molecule has 150 valence electrons. The van der Waals surface area contributed by atoms with Crippen LogP contribution in [0.25, 0.3) is 0 Å². The van der Waals surface area contributed by atoms with Gasteiger partial charge in [-0.1, -0.05) is 12.1 Å². The van der Waals surface area contributed by atoms with E-state index in [0.29, 0.717) is 26.1 Å². The van der Waals surface area contributed by atoms with E-state index in [9.17, 15) is 18.0 Å². The van der Waals surface area contributed by atoms with Gasteiger partial charge in [-0.15, -0.1) is 12.4 Å². The van der Waals surface area contributed by atoms with Gasteiger partial charge in [0.1, 0.15) is 0 Å². The van der Waals surface area contributed by atoms with Crippen molar-refractivity contribution >= 4 is 39.7 Å². The van der Waals surface area contributed by atoms with Crippen molar-refractivity contribution in [2.75, 3.05) is 30.8 Å². The van der Waals surface area contributed by atoms with Gasteiger partial charge in [0.15, 0.2) is 14.6 Å². The first kappa shape index (κ1) is 21.7. The molecule has 2 N–H and O–H groups in total. The molecule has 2 aliphatic heterocycles. The maximum Gasteiger partial charge on any atom is 0.241 e. The number of piperidine rings is 1. The van der Waals surface area contributed by atoms with Crippen LogP contribution in [-0.2, 0) is 26.0 Å². The second kappa shape index (κ2) is 8.58. The molecule has 2 amide bonds. The van der Waals surface area contributed by atoms with Gasteiger partial charge < -0.3 is 15.5 Å². The molecule has 3 rings (SSSR count). The molecule has 2 saturated heterocycles. The number of halogens is 1. The molecule has 0 aliphatic carbocycles. The third kappa shape index (κ3) is 4.44. The molecule has 2 heterocycles. The monoisotopic (exact) mass is 415 g/mol. The Morgan fingerprint density at radius 2 is 2.00 bits per heavy atom. The molecule has 7 nitrogen and oxygen atoms in total. The molecular formula is C18H26ClN3O4S. The van der Waals surface area contributed by atoms with Crippen molar-refractivity contribution < 1.29 is 18.0 Å². The standard InChI is InChI=1S/C18H25N3O4S.ClH/c1-26(24,25)18(7-9-19-10-8-18)17(23)20-13-14-4-2-5-15(12-14)21-11-3-6-16(21)22;/h2,4-5,12,19H,3,6-11,13H2,1H3,(H,20,23);1H. The summed E-state index contributed by atoms with van der Waals surface area (Å²) in [5.74, 6) is -0.332. The average molecular weight is 416 g/mol. The van der Waals surface area contributed by atoms with Crippen molar-refractivity contribution in [1.29, 1.82) is 0 Å². The Bertz CT molecular complexity index is 807. The summed E-state index contributed by atoms with van der Waals surface area (Å²) in [5, 5.41) is 5.90. The molecule has 0 bridgehead atoms. The fraction of sp³-hybridized carbons (Fsp3) is 0.556. The van der Waals surface area contributed by atoms with Gasteiger partial charge in [-0.25, -0.2) is 8.42 Å². The van der Waals surface area contributed by atoms with Gasteiger partial charge in [-0.2, -0.15) is 0 Å². The van der Waals surface area contributed by atoms with E-state index >= 15 is 0 Å². The van der Waals surface area contributed by atoms with E-state index in [4.69, 9.17) is 0 Å². The van der Waals surface area contributed by atoms with Gasteiger partial charge in [-0.05, 0) is 50.0 Å². The van der Waals surface area contributed by atoms with E-state index in [1.54, 1.807) is 4.90 Å². The first-order valence-electron chi connectivity index (χ1n) is 8.91. The number of benzene rings is 1. The lowest BCUT2D eigenvalue weighted by molar-refractivity contribution is -0.124. The Morgan fingerprint density at radius 1 is 1.30 bits per heavy atom. The number of hydrogen-bond donors (Lipinski definition) is 2. The SMILES string of the molecule is CS(=O)(=O)C1(C(=O)NCc2cccc(N3CCCC3=O)c2)CCNCC1.Cl. The van der Waals surface area contributed by atoms with Gasteiger partial charge in [0.2, 0.25) is 11.8 Å². The molecular weight excluding hydrogens is 390 g/mol. The van der Waals surface area contributed by atoms with Crippen molar-refractivity contribution in [3.8, 4) is 0 Å². The van der Waals surface area contributed by atoms with E-state index in [2.05, 4.69) is 10.6 Å². The Hall–Kier alpha value is -1.64. The highest BCUT2D eigenvalue weighted by atomic mass is 35.5. The lowest BCUT2D eigenvalue weighted by atomic mass is 9.95. The number of anilines is 1. The molecule has 2 aliphatic rings. The highest BCUT2D eigenvalue weighted by Gasteiger charge is 2.48. The topological polar surface area (TPSA) is 95.6 Å². The van der Waals surface area contributed by atoms with E-state index in [1.165, 1.54) is 0 Å². The van der Waals surface area contributed by atoms with Crippen molar-refractivity contribution in [3.63, 3.8) is 0 Å². The molecule has 0 unspecified atom stereocenters. The normalized spacial score (nSPS) is 19.4. The molecule has 0 radical (unpaired) electrons. The number of rotatable bonds is 5. The molecule has 1 aromatic rings. The predicted octanol–water partition coefficient (Wildman–Crippen LogP) is 1.02. The van der Waals surface area contributed by atoms with Crippen LogP contribution in [0.2, 0.25) is 0 Å². The lowest BCUT2D eigenvalue weighted by Gasteiger charge is -2.34. The minimum absolute atomic E-state index is 0. The maximum atomic E-state index is 12.8. The minimum Gasteiger partial charge on any atom is -0.351 e. The summed E-state index contributed by atoms with van der Waals surface area (Å²) in [7, 11) is -3.52.